The normalized spacial score (nSPS) is 13.3. The van der Waals surface area contributed by atoms with Crippen LogP contribution in [-0.2, 0) is 0 Å². The van der Waals surface area contributed by atoms with Crippen molar-refractivity contribution in [2.75, 3.05) is 20.3 Å². The van der Waals surface area contributed by atoms with Gasteiger partial charge in [-0.3, -0.25) is 0 Å². The minimum atomic E-state index is -0.340. The number of aliphatic hydroxyl groups excluding tert-OH is 1. The molecule has 20 heavy (non-hydrogen) atoms. The van der Waals surface area contributed by atoms with Crippen molar-refractivity contribution >= 4 is 0 Å². The second-order valence-corrected chi connectivity index (χ2v) is 6.00. The summed E-state index contributed by atoms with van der Waals surface area (Å²) in [6.45, 7) is 7.23. The third-order valence-corrected chi connectivity index (χ3v) is 3.58. The maximum atomic E-state index is 13.3. The summed E-state index contributed by atoms with van der Waals surface area (Å²) in [6.07, 6.45) is 1.96. The highest BCUT2D eigenvalue weighted by molar-refractivity contribution is 5.31. The Labute approximate surface area is 121 Å². The summed E-state index contributed by atoms with van der Waals surface area (Å²) in [7, 11) is 1.47. The second kappa shape index (κ2) is 7.60. The Bertz CT molecular complexity index is 421. The summed E-state index contributed by atoms with van der Waals surface area (Å²) < 4.78 is 18.3. The van der Waals surface area contributed by atoms with Crippen LogP contribution in [0.25, 0.3) is 0 Å². The van der Waals surface area contributed by atoms with Crippen LogP contribution in [0.15, 0.2) is 18.2 Å². The fourth-order valence-corrected chi connectivity index (χ4v) is 2.03. The SMILES string of the molecule is COc1cc(C(C)NCCCC(C)(C)CO)ccc1F. The van der Waals surface area contributed by atoms with Crippen molar-refractivity contribution in [3.63, 3.8) is 0 Å². The molecule has 4 heteroatoms. The number of nitrogens with one attached hydrogen (secondary N) is 1. The Kier molecular flexibility index (Phi) is 6.43. The van der Waals surface area contributed by atoms with Crippen LogP contribution in [0.3, 0.4) is 0 Å². The molecule has 0 amide bonds. The van der Waals surface area contributed by atoms with Gasteiger partial charge in [0.05, 0.1) is 7.11 Å². The van der Waals surface area contributed by atoms with Gasteiger partial charge in [-0.2, -0.15) is 0 Å². The Hall–Kier alpha value is -1.13. The molecule has 0 aliphatic rings. The zero-order chi connectivity index (χ0) is 15.2. The highest BCUT2D eigenvalue weighted by Gasteiger charge is 2.16. The van der Waals surface area contributed by atoms with Crippen molar-refractivity contribution in [1.29, 1.82) is 0 Å². The highest BCUT2D eigenvalue weighted by Crippen LogP contribution is 2.23. The zero-order valence-corrected chi connectivity index (χ0v) is 12.9. The van der Waals surface area contributed by atoms with E-state index in [2.05, 4.69) is 19.2 Å². The lowest BCUT2D eigenvalue weighted by molar-refractivity contribution is 0.147. The smallest absolute Gasteiger partial charge is 0.165 e. The van der Waals surface area contributed by atoms with E-state index in [4.69, 9.17) is 4.74 Å². The molecule has 0 radical (unpaired) electrons. The number of aliphatic hydroxyl groups is 1. The lowest BCUT2D eigenvalue weighted by atomic mass is 9.89. The van der Waals surface area contributed by atoms with E-state index in [0.29, 0.717) is 0 Å². The summed E-state index contributed by atoms with van der Waals surface area (Å²) >= 11 is 0. The zero-order valence-electron chi connectivity index (χ0n) is 12.9. The van der Waals surface area contributed by atoms with E-state index >= 15 is 0 Å². The number of ether oxygens (including phenoxy) is 1. The maximum Gasteiger partial charge on any atom is 0.165 e. The molecule has 0 aliphatic heterocycles. The first-order valence-electron chi connectivity index (χ1n) is 7.07. The van der Waals surface area contributed by atoms with Gasteiger partial charge >= 0.3 is 0 Å². The van der Waals surface area contributed by atoms with Crippen molar-refractivity contribution in [3.8, 4) is 5.75 Å². The van der Waals surface area contributed by atoms with E-state index in [-0.39, 0.29) is 29.6 Å². The average molecular weight is 283 g/mol. The first-order chi connectivity index (χ1) is 9.39. The molecule has 1 rings (SSSR count). The molecule has 1 aromatic rings. The molecule has 0 saturated carbocycles. The summed E-state index contributed by atoms with van der Waals surface area (Å²) in [5, 5.41) is 12.6. The molecule has 1 atom stereocenters. The van der Waals surface area contributed by atoms with Gasteiger partial charge in [-0.25, -0.2) is 4.39 Å². The van der Waals surface area contributed by atoms with Crippen LogP contribution in [0.5, 0.6) is 5.75 Å². The molecule has 2 N–H and O–H groups in total. The van der Waals surface area contributed by atoms with Crippen LogP contribution in [0.4, 0.5) is 4.39 Å². The summed E-state index contributed by atoms with van der Waals surface area (Å²) in [6, 6.07) is 5.07. The topological polar surface area (TPSA) is 41.5 Å². The van der Waals surface area contributed by atoms with E-state index in [1.807, 2.05) is 6.92 Å². The predicted octanol–water partition coefficient (Wildman–Crippen LogP) is 3.28. The van der Waals surface area contributed by atoms with Gasteiger partial charge in [-0.05, 0) is 49.4 Å². The predicted molar refractivity (Wildman–Crippen MR) is 79.5 cm³/mol. The fourth-order valence-electron chi connectivity index (χ4n) is 2.03. The van der Waals surface area contributed by atoms with Crippen LogP contribution in [-0.4, -0.2) is 25.4 Å². The Morgan fingerprint density at radius 2 is 2.10 bits per heavy atom. The third kappa shape index (κ3) is 5.10. The summed E-state index contributed by atoms with van der Waals surface area (Å²) in [5.41, 5.74) is 0.981. The first-order valence-corrected chi connectivity index (χ1v) is 7.07. The molecule has 0 fully saturated rings. The van der Waals surface area contributed by atoms with E-state index in [1.165, 1.54) is 13.2 Å². The molecule has 114 valence electrons. The molecule has 0 bridgehead atoms. The minimum Gasteiger partial charge on any atom is -0.494 e. The van der Waals surface area contributed by atoms with Gasteiger partial charge in [-0.1, -0.05) is 19.9 Å². The van der Waals surface area contributed by atoms with Crippen LogP contribution < -0.4 is 10.1 Å². The van der Waals surface area contributed by atoms with E-state index in [0.717, 1.165) is 24.9 Å². The van der Waals surface area contributed by atoms with Crippen molar-refractivity contribution in [3.05, 3.63) is 29.6 Å². The van der Waals surface area contributed by atoms with Gasteiger partial charge in [0.1, 0.15) is 0 Å². The molecule has 1 aromatic carbocycles. The van der Waals surface area contributed by atoms with Crippen LogP contribution in [0.1, 0.15) is 45.2 Å². The highest BCUT2D eigenvalue weighted by atomic mass is 19.1. The van der Waals surface area contributed by atoms with Crippen molar-refractivity contribution in [2.45, 2.75) is 39.7 Å². The van der Waals surface area contributed by atoms with Crippen LogP contribution in [0.2, 0.25) is 0 Å². The van der Waals surface area contributed by atoms with Crippen LogP contribution >= 0.6 is 0 Å². The quantitative estimate of drug-likeness (QED) is 0.719. The Balaban J connectivity index is 2.45. The molecule has 1 unspecified atom stereocenters. The molecule has 0 aliphatic carbocycles. The number of methoxy groups -OCH3 is 1. The molecule has 0 aromatic heterocycles. The van der Waals surface area contributed by atoms with E-state index in [9.17, 15) is 9.50 Å². The summed E-state index contributed by atoms with van der Waals surface area (Å²) in [5.74, 6) is -0.0642. The van der Waals surface area contributed by atoms with Gasteiger partial charge in [0.15, 0.2) is 11.6 Å². The largest absolute Gasteiger partial charge is 0.494 e. The fraction of sp³-hybridized carbons (Fsp3) is 0.625. The number of hydrogen-bond acceptors (Lipinski definition) is 3. The van der Waals surface area contributed by atoms with Gasteiger partial charge in [-0.15, -0.1) is 0 Å². The molecule has 3 nitrogen and oxygen atoms in total. The Morgan fingerprint density at radius 1 is 1.40 bits per heavy atom. The number of halogens is 1. The van der Waals surface area contributed by atoms with E-state index < -0.39 is 0 Å². The molecule has 0 spiro atoms. The minimum absolute atomic E-state index is 0.0238. The molecule has 0 saturated heterocycles. The van der Waals surface area contributed by atoms with Gasteiger partial charge < -0.3 is 15.2 Å². The third-order valence-electron chi connectivity index (χ3n) is 3.58. The van der Waals surface area contributed by atoms with Gasteiger partial charge in [0.2, 0.25) is 0 Å². The monoisotopic (exact) mass is 283 g/mol. The lowest BCUT2D eigenvalue weighted by Crippen LogP contribution is -2.23. The molecule has 0 heterocycles. The van der Waals surface area contributed by atoms with E-state index in [1.54, 1.807) is 12.1 Å². The number of rotatable bonds is 8. The molecular formula is C16H26FNO2. The summed E-state index contributed by atoms with van der Waals surface area (Å²) in [4.78, 5) is 0. The Morgan fingerprint density at radius 3 is 2.70 bits per heavy atom. The molecular weight excluding hydrogens is 257 g/mol. The maximum absolute atomic E-state index is 13.3. The first kappa shape index (κ1) is 16.9. The van der Waals surface area contributed by atoms with Gasteiger partial charge in [0, 0.05) is 12.6 Å². The lowest BCUT2D eigenvalue weighted by Gasteiger charge is -2.22. The van der Waals surface area contributed by atoms with Crippen molar-refractivity contribution in [1.82, 2.24) is 5.32 Å². The van der Waals surface area contributed by atoms with Crippen molar-refractivity contribution < 1.29 is 14.2 Å². The van der Waals surface area contributed by atoms with Crippen molar-refractivity contribution in [2.24, 2.45) is 5.41 Å². The standard InChI is InChI=1S/C16H26FNO2/c1-12(18-9-5-8-16(2,3)11-19)13-6-7-14(17)15(10-13)20-4/h6-7,10,12,18-19H,5,8-9,11H2,1-4H3. The van der Waals surface area contributed by atoms with Crippen LogP contribution in [0, 0.1) is 11.2 Å². The average Bonchev–Trinajstić information content (AvgIpc) is 2.44. The van der Waals surface area contributed by atoms with Gasteiger partial charge in [0.25, 0.3) is 0 Å². The number of benzene rings is 1. The second-order valence-electron chi connectivity index (χ2n) is 6.00. The number of hydrogen-bond donors (Lipinski definition) is 2.